The third-order valence-corrected chi connectivity index (χ3v) is 4.19. The largest absolute Gasteiger partial charge is 0.341 e. The average molecular weight is 297 g/mol. The lowest BCUT2D eigenvalue weighted by Crippen LogP contribution is -2.28. The first-order valence-electron chi connectivity index (χ1n) is 7.88. The van der Waals surface area contributed by atoms with Gasteiger partial charge in [-0.05, 0) is 56.4 Å². The van der Waals surface area contributed by atoms with E-state index in [4.69, 9.17) is 0 Å². The van der Waals surface area contributed by atoms with E-state index < -0.39 is 0 Å². The summed E-state index contributed by atoms with van der Waals surface area (Å²) in [7, 11) is 1.90. The maximum absolute atomic E-state index is 12.5. The van der Waals surface area contributed by atoms with Gasteiger partial charge in [0.25, 0.3) is 5.91 Å². The van der Waals surface area contributed by atoms with Crippen LogP contribution in [0.25, 0.3) is 0 Å². The van der Waals surface area contributed by atoms with Gasteiger partial charge in [0.2, 0.25) is 0 Å². The number of benzene rings is 1. The Morgan fingerprint density at radius 2 is 2.09 bits per heavy atom. The molecular formula is C18H23N3O. The number of hydrogen-bond acceptors (Lipinski definition) is 2. The first-order chi connectivity index (χ1) is 10.5. The number of nitrogens with zero attached hydrogens (tertiary/aromatic N) is 3. The van der Waals surface area contributed by atoms with Crippen molar-refractivity contribution in [1.82, 2.24) is 14.7 Å². The minimum Gasteiger partial charge on any atom is -0.341 e. The van der Waals surface area contributed by atoms with Gasteiger partial charge in [-0.2, -0.15) is 5.10 Å². The van der Waals surface area contributed by atoms with Gasteiger partial charge in [-0.15, -0.1) is 0 Å². The van der Waals surface area contributed by atoms with E-state index >= 15 is 0 Å². The van der Waals surface area contributed by atoms with Gasteiger partial charge < -0.3 is 4.90 Å². The first-order valence-corrected chi connectivity index (χ1v) is 7.88. The molecule has 0 saturated heterocycles. The maximum atomic E-state index is 12.5. The van der Waals surface area contributed by atoms with Gasteiger partial charge in [-0.3, -0.25) is 9.48 Å². The minimum absolute atomic E-state index is 0.113. The molecule has 2 aromatic rings. The lowest BCUT2D eigenvalue weighted by Gasteiger charge is -2.17. The zero-order valence-electron chi connectivity index (χ0n) is 13.5. The lowest BCUT2D eigenvalue weighted by molar-refractivity contribution is 0.0788. The Labute approximate surface area is 131 Å². The molecule has 1 fully saturated rings. The Kier molecular flexibility index (Phi) is 4.01. The molecule has 1 aromatic heterocycles. The number of amides is 1. The molecule has 0 radical (unpaired) electrons. The van der Waals surface area contributed by atoms with E-state index in [0.717, 1.165) is 29.1 Å². The van der Waals surface area contributed by atoms with Crippen LogP contribution < -0.4 is 0 Å². The molecule has 1 aliphatic rings. The zero-order chi connectivity index (χ0) is 15.7. The molecule has 1 heterocycles. The van der Waals surface area contributed by atoms with Crippen molar-refractivity contribution in [2.24, 2.45) is 5.92 Å². The van der Waals surface area contributed by atoms with Crippen LogP contribution in [-0.4, -0.2) is 34.2 Å². The summed E-state index contributed by atoms with van der Waals surface area (Å²) in [5.74, 6) is 0.828. The van der Waals surface area contributed by atoms with Gasteiger partial charge >= 0.3 is 0 Å². The van der Waals surface area contributed by atoms with E-state index in [9.17, 15) is 4.79 Å². The molecule has 0 atom stereocenters. The Hall–Kier alpha value is -2.10. The Bertz CT molecular complexity index is 685. The summed E-state index contributed by atoms with van der Waals surface area (Å²) in [6.07, 6.45) is 2.52. The highest BCUT2D eigenvalue weighted by atomic mass is 16.2. The third kappa shape index (κ3) is 3.38. The molecule has 1 aromatic carbocycles. The van der Waals surface area contributed by atoms with E-state index in [0.29, 0.717) is 12.5 Å². The molecule has 4 heteroatoms. The van der Waals surface area contributed by atoms with Gasteiger partial charge in [0.1, 0.15) is 0 Å². The third-order valence-electron chi connectivity index (χ3n) is 4.19. The fraction of sp³-hybridized carbons (Fsp3) is 0.444. The molecule has 0 N–H and O–H groups in total. The predicted octanol–water partition coefficient (Wildman–Crippen LogP) is 3.03. The van der Waals surface area contributed by atoms with Crippen molar-refractivity contribution in [3.63, 3.8) is 0 Å². The molecule has 0 unspecified atom stereocenters. The highest BCUT2D eigenvalue weighted by Gasteiger charge is 2.25. The number of rotatable bonds is 5. The smallest absolute Gasteiger partial charge is 0.253 e. The first kappa shape index (κ1) is 14.8. The Morgan fingerprint density at radius 3 is 2.73 bits per heavy atom. The molecule has 1 aliphatic carbocycles. The summed E-state index contributed by atoms with van der Waals surface area (Å²) < 4.78 is 1.98. The minimum atomic E-state index is 0.113. The average Bonchev–Trinajstić information content (AvgIpc) is 3.24. The maximum Gasteiger partial charge on any atom is 0.253 e. The molecule has 0 aliphatic heterocycles. The highest BCUT2D eigenvalue weighted by molar-refractivity contribution is 5.94. The van der Waals surface area contributed by atoms with E-state index in [1.165, 1.54) is 12.8 Å². The topological polar surface area (TPSA) is 38.1 Å². The quantitative estimate of drug-likeness (QED) is 0.851. The van der Waals surface area contributed by atoms with Crippen molar-refractivity contribution < 1.29 is 4.79 Å². The lowest BCUT2D eigenvalue weighted by atomic mass is 10.1. The van der Waals surface area contributed by atoms with Crippen LogP contribution in [0.15, 0.2) is 30.3 Å². The van der Waals surface area contributed by atoms with Gasteiger partial charge in [0, 0.05) is 24.8 Å². The molecule has 0 bridgehead atoms. The van der Waals surface area contributed by atoms with Crippen molar-refractivity contribution in [2.45, 2.75) is 33.2 Å². The van der Waals surface area contributed by atoms with Crippen LogP contribution in [0.4, 0.5) is 0 Å². The van der Waals surface area contributed by atoms with Crippen molar-refractivity contribution in [3.8, 4) is 0 Å². The molecule has 116 valence electrons. The van der Waals surface area contributed by atoms with Crippen LogP contribution in [0.3, 0.4) is 0 Å². The Balaban J connectivity index is 1.74. The normalized spacial score (nSPS) is 14.1. The monoisotopic (exact) mass is 297 g/mol. The Morgan fingerprint density at radius 1 is 1.32 bits per heavy atom. The number of aryl methyl sites for hydroxylation is 2. The summed E-state index contributed by atoms with van der Waals surface area (Å²) in [6, 6.07) is 9.96. The zero-order valence-corrected chi connectivity index (χ0v) is 13.5. The fourth-order valence-corrected chi connectivity index (χ4v) is 2.80. The standard InChI is InChI=1S/C18H23N3O/c1-13-9-14(2)21(19-13)12-16-5-4-6-17(10-16)18(22)20(3)11-15-7-8-15/h4-6,9-10,15H,7-8,11-12H2,1-3H3. The molecule has 22 heavy (non-hydrogen) atoms. The molecule has 3 rings (SSSR count). The van der Waals surface area contributed by atoms with Crippen LogP contribution in [0, 0.1) is 19.8 Å². The summed E-state index contributed by atoms with van der Waals surface area (Å²) in [4.78, 5) is 14.3. The summed E-state index contributed by atoms with van der Waals surface area (Å²) in [5, 5.41) is 4.48. The molecule has 4 nitrogen and oxygen atoms in total. The number of hydrogen-bond donors (Lipinski definition) is 0. The molecular weight excluding hydrogens is 274 g/mol. The van der Waals surface area contributed by atoms with E-state index in [-0.39, 0.29) is 5.91 Å². The van der Waals surface area contributed by atoms with Crippen molar-refractivity contribution in [3.05, 3.63) is 52.8 Å². The van der Waals surface area contributed by atoms with Crippen molar-refractivity contribution in [1.29, 1.82) is 0 Å². The molecule has 1 saturated carbocycles. The highest BCUT2D eigenvalue weighted by Crippen LogP contribution is 2.29. The summed E-state index contributed by atoms with van der Waals surface area (Å²) in [5.41, 5.74) is 4.04. The van der Waals surface area contributed by atoms with Crippen molar-refractivity contribution >= 4 is 5.91 Å². The predicted molar refractivity (Wildman–Crippen MR) is 86.9 cm³/mol. The van der Waals surface area contributed by atoms with E-state index in [1.54, 1.807) is 0 Å². The SMILES string of the molecule is Cc1cc(C)n(Cc2cccc(C(=O)N(C)CC3CC3)c2)n1. The second-order valence-corrected chi connectivity index (χ2v) is 6.41. The second kappa shape index (κ2) is 5.95. The van der Waals surface area contributed by atoms with Gasteiger partial charge in [-0.1, -0.05) is 12.1 Å². The summed E-state index contributed by atoms with van der Waals surface area (Å²) in [6.45, 7) is 5.63. The molecule has 0 spiro atoms. The number of aromatic nitrogens is 2. The summed E-state index contributed by atoms with van der Waals surface area (Å²) >= 11 is 0. The van der Waals surface area contributed by atoms with Crippen molar-refractivity contribution in [2.75, 3.05) is 13.6 Å². The van der Waals surface area contributed by atoms with Gasteiger partial charge in [-0.25, -0.2) is 0 Å². The van der Waals surface area contributed by atoms with Crippen LogP contribution in [0.5, 0.6) is 0 Å². The van der Waals surface area contributed by atoms with Crippen LogP contribution in [0.2, 0.25) is 0 Å². The second-order valence-electron chi connectivity index (χ2n) is 6.41. The fourth-order valence-electron chi connectivity index (χ4n) is 2.80. The van der Waals surface area contributed by atoms with Gasteiger partial charge in [0.05, 0.1) is 12.2 Å². The van der Waals surface area contributed by atoms with Crippen LogP contribution >= 0.6 is 0 Å². The van der Waals surface area contributed by atoms with E-state index in [2.05, 4.69) is 18.1 Å². The van der Waals surface area contributed by atoms with E-state index in [1.807, 2.05) is 47.8 Å². The number of carbonyl (C=O) groups excluding carboxylic acids is 1. The number of carbonyl (C=O) groups is 1. The van der Waals surface area contributed by atoms with Crippen LogP contribution in [-0.2, 0) is 6.54 Å². The molecule has 1 amide bonds. The van der Waals surface area contributed by atoms with Gasteiger partial charge in [0.15, 0.2) is 0 Å². The van der Waals surface area contributed by atoms with Crippen LogP contribution in [0.1, 0.15) is 40.2 Å².